The van der Waals surface area contributed by atoms with Gasteiger partial charge in [-0.15, -0.1) is 13.2 Å². The average molecular weight is 315 g/mol. The molecular formula is C10H12F3NO5S. The zero-order valence-electron chi connectivity index (χ0n) is 10.3. The minimum absolute atomic E-state index is 0.00893. The third-order valence-corrected chi connectivity index (χ3v) is 3.16. The summed E-state index contributed by atoms with van der Waals surface area (Å²) in [5.74, 6) is -0.517. The molecule has 0 aliphatic rings. The number of halogens is 3. The number of nitrogens with one attached hydrogen (secondary N) is 1. The lowest BCUT2D eigenvalue weighted by molar-refractivity contribution is -0.274. The highest BCUT2D eigenvalue weighted by Gasteiger charge is 2.31. The fourth-order valence-electron chi connectivity index (χ4n) is 1.11. The van der Waals surface area contributed by atoms with Gasteiger partial charge in [-0.2, -0.15) is 0 Å². The molecule has 0 aliphatic heterocycles. The molecular weight excluding hydrogens is 303 g/mol. The molecule has 0 fully saturated rings. The average Bonchev–Trinajstić information content (AvgIpc) is 2.33. The van der Waals surface area contributed by atoms with E-state index in [1.807, 2.05) is 0 Å². The molecule has 0 atom stereocenters. The molecule has 0 saturated heterocycles. The van der Waals surface area contributed by atoms with E-state index in [9.17, 15) is 21.6 Å². The second-order valence-corrected chi connectivity index (χ2v) is 5.09. The quantitative estimate of drug-likeness (QED) is 0.609. The van der Waals surface area contributed by atoms with Gasteiger partial charge in [-0.1, -0.05) is 4.89 Å². The Morgan fingerprint density at radius 3 is 2.25 bits per heavy atom. The number of sulfonamides is 1. The van der Waals surface area contributed by atoms with E-state index in [-0.39, 0.29) is 18.1 Å². The molecule has 1 aromatic carbocycles. The van der Waals surface area contributed by atoms with Gasteiger partial charge in [0.1, 0.15) is 5.75 Å². The van der Waals surface area contributed by atoms with Crippen LogP contribution in [0.4, 0.5) is 13.2 Å². The van der Waals surface area contributed by atoms with E-state index in [0.717, 1.165) is 24.3 Å². The standard InChI is InChI=1S/C10H12F3NO5S/c1-17-6-7-18-14-20(15,16)9-4-2-8(3-5-9)19-10(11,12)13/h2-5,14H,6-7H2,1H3. The van der Waals surface area contributed by atoms with Gasteiger partial charge in [0, 0.05) is 7.11 Å². The SMILES string of the molecule is COCCONS(=O)(=O)c1ccc(OC(F)(F)F)cc1. The molecule has 6 nitrogen and oxygen atoms in total. The largest absolute Gasteiger partial charge is 0.573 e. The summed E-state index contributed by atoms with van der Waals surface area (Å²) in [6, 6.07) is 3.70. The summed E-state index contributed by atoms with van der Waals surface area (Å²) in [5.41, 5.74) is 0. The number of hydrogen-bond acceptors (Lipinski definition) is 5. The molecule has 1 aromatic rings. The molecule has 20 heavy (non-hydrogen) atoms. The van der Waals surface area contributed by atoms with Crippen molar-refractivity contribution in [3.63, 3.8) is 0 Å². The van der Waals surface area contributed by atoms with Crippen molar-refractivity contribution < 1.29 is 35.9 Å². The highest BCUT2D eigenvalue weighted by molar-refractivity contribution is 7.89. The van der Waals surface area contributed by atoms with Gasteiger partial charge in [-0.3, -0.25) is 4.84 Å². The number of rotatable bonds is 7. The van der Waals surface area contributed by atoms with Crippen molar-refractivity contribution in [3.05, 3.63) is 24.3 Å². The van der Waals surface area contributed by atoms with Crippen LogP contribution in [0, 0.1) is 0 Å². The molecule has 0 aromatic heterocycles. The lowest BCUT2D eigenvalue weighted by Gasteiger charge is -2.10. The molecule has 0 saturated carbocycles. The summed E-state index contributed by atoms with van der Waals surface area (Å²) in [4.78, 5) is 6.18. The Balaban J connectivity index is 2.67. The monoisotopic (exact) mass is 315 g/mol. The third kappa shape index (κ3) is 5.74. The Labute approximate surface area is 113 Å². The fourth-order valence-corrected chi connectivity index (χ4v) is 1.94. The molecule has 1 rings (SSSR count). The van der Waals surface area contributed by atoms with Crippen molar-refractivity contribution >= 4 is 10.0 Å². The van der Waals surface area contributed by atoms with Gasteiger partial charge in [0.2, 0.25) is 0 Å². The van der Waals surface area contributed by atoms with E-state index < -0.39 is 22.1 Å². The fraction of sp³-hybridized carbons (Fsp3) is 0.400. The van der Waals surface area contributed by atoms with Gasteiger partial charge in [0.25, 0.3) is 10.0 Å². The van der Waals surface area contributed by atoms with Crippen molar-refractivity contribution in [2.45, 2.75) is 11.3 Å². The van der Waals surface area contributed by atoms with Crippen LogP contribution in [-0.4, -0.2) is 35.1 Å². The van der Waals surface area contributed by atoms with Crippen LogP contribution in [0.1, 0.15) is 0 Å². The predicted octanol–water partition coefficient (Wildman–Crippen LogP) is 1.44. The molecule has 0 radical (unpaired) electrons. The smallest absolute Gasteiger partial charge is 0.406 e. The van der Waals surface area contributed by atoms with E-state index >= 15 is 0 Å². The van der Waals surface area contributed by atoms with Crippen LogP contribution in [-0.2, 0) is 19.6 Å². The van der Waals surface area contributed by atoms with Crippen molar-refractivity contribution in [2.24, 2.45) is 0 Å². The van der Waals surface area contributed by atoms with Crippen molar-refractivity contribution in [1.82, 2.24) is 4.89 Å². The zero-order valence-corrected chi connectivity index (χ0v) is 11.1. The molecule has 10 heteroatoms. The Morgan fingerprint density at radius 1 is 1.15 bits per heavy atom. The lowest BCUT2D eigenvalue weighted by atomic mass is 10.3. The first-order valence-electron chi connectivity index (χ1n) is 5.23. The summed E-state index contributed by atoms with van der Waals surface area (Å²) in [7, 11) is -2.55. The summed E-state index contributed by atoms with van der Waals surface area (Å²) >= 11 is 0. The van der Waals surface area contributed by atoms with Crippen molar-refractivity contribution in [3.8, 4) is 5.75 Å². The second kappa shape index (κ2) is 6.88. The minimum Gasteiger partial charge on any atom is -0.406 e. The molecule has 0 amide bonds. The second-order valence-electron chi connectivity index (χ2n) is 3.45. The maximum atomic E-state index is 11.9. The normalized spacial score (nSPS) is 12.4. The van der Waals surface area contributed by atoms with Gasteiger partial charge in [0.05, 0.1) is 18.1 Å². The number of ether oxygens (including phenoxy) is 2. The maximum Gasteiger partial charge on any atom is 0.573 e. The van der Waals surface area contributed by atoms with Gasteiger partial charge in [-0.05, 0) is 24.3 Å². The highest BCUT2D eigenvalue weighted by Crippen LogP contribution is 2.23. The number of benzene rings is 1. The third-order valence-electron chi connectivity index (χ3n) is 1.93. The van der Waals surface area contributed by atoms with E-state index in [0.29, 0.717) is 0 Å². The van der Waals surface area contributed by atoms with Gasteiger partial charge >= 0.3 is 6.36 Å². The summed E-state index contributed by atoms with van der Waals surface area (Å²) < 4.78 is 67.4. The molecule has 114 valence electrons. The summed E-state index contributed by atoms with van der Waals surface area (Å²) in [6.45, 7) is 0.172. The van der Waals surface area contributed by atoms with Crippen LogP contribution in [0.5, 0.6) is 5.75 Å². The lowest BCUT2D eigenvalue weighted by Crippen LogP contribution is -2.25. The first kappa shape index (κ1) is 16.7. The van der Waals surface area contributed by atoms with Gasteiger partial charge < -0.3 is 9.47 Å². The number of alkyl halides is 3. The van der Waals surface area contributed by atoms with Gasteiger partial charge in [-0.25, -0.2) is 8.42 Å². The maximum absolute atomic E-state index is 11.9. The zero-order chi connectivity index (χ0) is 15.2. The summed E-state index contributed by atoms with van der Waals surface area (Å²) in [5, 5.41) is 0. The van der Waals surface area contributed by atoms with Crippen LogP contribution in [0.15, 0.2) is 29.2 Å². The minimum atomic E-state index is -4.83. The van der Waals surface area contributed by atoms with Gasteiger partial charge in [0.15, 0.2) is 0 Å². The highest BCUT2D eigenvalue weighted by atomic mass is 32.2. The van der Waals surface area contributed by atoms with E-state index in [2.05, 4.69) is 14.3 Å². The predicted molar refractivity (Wildman–Crippen MR) is 61.3 cm³/mol. The Bertz CT molecular complexity index is 515. The van der Waals surface area contributed by atoms with E-state index in [1.165, 1.54) is 7.11 Å². The molecule has 1 N–H and O–H groups in total. The molecule has 0 bridgehead atoms. The van der Waals surface area contributed by atoms with Crippen molar-refractivity contribution in [2.75, 3.05) is 20.3 Å². The number of methoxy groups -OCH3 is 1. The molecule has 0 spiro atoms. The first-order valence-corrected chi connectivity index (χ1v) is 6.71. The van der Waals surface area contributed by atoms with Crippen LogP contribution in [0.2, 0.25) is 0 Å². The molecule has 0 aliphatic carbocycles. The van der Waals surface area contributed by atoms with Crippen LogP contribution >= 0.6 is 0 Å². The topological polar surface area (TPSA) is 73.9 Å². The Hall–Kier alpha value is -1.36. The van der Waals surface area contributed by atoms with Crippen molar-refractivity contribution in [1.29, 1.82) is 0 Å². The molecule has 0 unspecified atom stereocenters. The van der Waals surface area contributed by atoms with E-state index in [1.54, 1.807) is 4.89 Å². The first-order chi connectivity index (χ1) is 9.24. The van der Waals surface area contributed by atoms with Crippen LogP contribution in [0.25, 0.3) is 0 Å². The Kier molecular flexibility index (Phi) is 5.74. The van der Waals surface area contributed by atoms with E-state index in [4.69, 9.17) is 0 Å². The van der Waals surface area contributed by atoms with Crippen LogP contribution in [0.3, 0.4) is 0 Å². The van der Waals surface area contributed by atoms with Crippen LogP contribution < -0.4 is 9.62 Å². The molecule has 0 heterocycles. The summed E-state index contributed by atoms with van der Waals surface area (Å²) in [6.07, 6.45) is -4.83. The number of hydrogen-bond donors (Lipinski definition) is 1. The Morgan fingerprint density at radius 2 is 1.75 bits per heavy atom.